The molecule has 0 aliphatic carbocycles. The SMILES string of the molecule is CCCn1ncnc1COc1ccc(C#CCN)c(F)c1. The van der Waals surface area contributed by atoms with E-state index in [1.807, 2.05) is 0 Å². The molecule has 0 saturated carbocycles. The van der Waals surface area contributed by atoms with Gasteiger partial charge in [0.2, 0.25) is 0 Å². The Morgan fingerprint density at radius 1 is 1.43 bits per heavy atom. The molecule has 0 atom stereocenters. The maximum Gasteiger partial charge on any atom is 0.164 e. The lowest BCUT2D eigenvalue weighted by Gasteiger charge is -2.07. The first kappa shape index (κ1) is 15.0. The van der Waals surface area contributed by atoms with Gasteiger partial charge in [0.05, 0.1) is 12.1 Å². The lowest BCUT2D eigenvalue weighted by molar-refractivity contribution is 0.285. The maximum atomic E-state index is 13.8. The van der Waals surface area contributed by atoms with Crippen molar-refractivity contribution < 1.29 is 9.13 Å². The van der Waals surface area contributed by atoms with Crippen LogP contribution in [0.5, 0.6) is 5.75 Å². The third-order valence-corrected chi connectivity index (χ3v) is 2.76. The van der Waals surface area contributed by atoms with Gasteiger partial charge in [0.25, 0.3) is 0 Å². The van der Waals surface area contributed by atoms with E-state index in [-0.39, 0.29) is 13.2 Å². The van der Waals surface area contributed by atoms with E-state index >= 15 is 0 Å². The van der Waals surface area contributed by atoms with E-state index in [1.54, 1.807) is 16.8 Å². The average Bonchev–Trinajstić information content (AvgIpc) is 2.92. The zero-order valence-corrected chi connectivity index (χ0v) is 11.8. The number of nitrogens with two attached hydrogens (primary N) is 1. The summed E-state index contributed by atoms with van der Waals surface area (Å²) < 4.78 is 21.1. The number of ether oxygens (including phenoxy) is 1. The lowest BCUT2D eigenvalue weighted by atomic mass is 10.2. The molecule has 0 saturated heterocycles. The predicted octanol–water partition coefficient (Wildman–Crippen LogP) is 1.72. The second kappa shape index (κ2) is 7.41. The Hall–Kier alpha value is -2.39. The third-order valence-electron chi connectivity index (χ3n) is 2.76. The molecule has 0 unspecified atom stereocenters. The van der Waals surface area contributed by atoms with Gasteiger partial charge in [-0.05, 0) is 18.6 Å². The molecule has 2 N–H and O–H groups in total. The van der Waals surface area contributed by atoms with Gasteiger partial charge in [-0.1, -0.05) is 18.8 Å². The Labute approximate surface area is 122 Å². The number of aryl methyl sites for hydroxylation is 1. The molecule has 1 heterocycles. The van der Waals surface area contributed by atoms with Crippen molar-refractivity contribution in [1.29, 1.82) is 0 Å². The Morgan fingerprint density at radius 3 is 3.00 bits per heavy atom. The number of nitrogens with zero attached hydrogens (tertiary/aromatic N) is 3. The molecule has 0 amide bonds. The Morgan fingerprint density at radius 2 is 2.29 bits per heavy atom. The molecule has 2 aromatic rings. The molecule has 110 valence electrons. The van der Waals surface area contributed by atoms with Gasteiger partial charge in [-0.2, -0.15) is 5.10 Å². The molecule has 0 radical (unpaired) electrons. The van der Waals surface area contributed by atoms with Crippen LogP contribution < -0.4 is 10.5 Å². The molecule has 1 aromatic heterocycles. The molecule has 1 aromatic carbocycles. The van der Waals surface area contributed by atoms with E-state index in [0.29, 0.717) is 17.1 Å². The number of rotatable bonds is 5. The summed E-state index contributed by atoms with van der Waals surface area (Å²) in [5.74, 6) is 5.99. The normalized spacial score (nSPS) is 10.0. The Balaban J connectivity index is 2.03. The van der Waals surface area contributed by atoms with Gasteiger partial charge in [-0.3, -0.25) is 0 Å². The molecule has 2 rings (SSSR count). The van der Waals surface area contributed by atoms with Crippen LogP contribution in [0.15, 0.2) is 24.5 Å². The molecule has 6 heteroatoms. The Kier molecular flexibility index (Phi) is 5.29. The van der Waals surface area contributed by atoms with Crippen molar-refractivity contribution in [2.75, 3.05) is 6.54 Å². The van der Waals surface area contributed by atoms with Gasteiger partial charge < -0.3 is 10.5 Å². The van der Waals surface area contributed by atoms with Crippen LogP contribution in [0.2, 0.25) is 0 Å². The number of aromatic nitrogens is 3. The van der Waals surface area contributed by atoms with E-state index < -0.39 is 5.82 Å². The third kappa shape index (κ3) is 4.04. The van der Waals surface area contributed by atoms with Gasteiger partial charge in [-0.25, -0.2) is 14.1 Å². The number of hydrogen-bond acceptors (Lipinski definition) is 4. The second-order valence-electron chi connectivity index (χ2n) is 4.34. The molecule has 0 fully saturated rings. The van der Waals surface area contributed by atoms with Crippen LogP contribution in [0.3, 0.4) is 0 Å². The van der Waals surface area contributed by atoms with Crippen LogP contribution in [0.25, 0.3) is 0 Å². The highest BCUT2D eigenvalue weighted by atomic mass is 19.1. The minimum Gasteiger partial charge on any atom is -0.486 e. The van der Waals surface area contributed by atoms with Crippen molar-refractivity contribution in [3.05, 3.63) is 41.7 Å². The molecular weight excluding hydrogens is 271 g/mol. The highest BCUT2D eigenvalue weighted by Crippen LogP contribution is 2.17. The quantitative estimate of drug-likeness (QED) is 0.851. The largest absolute Gasteiger partial charge is 0.486 e. The molecule has 0 spiro atoms. The first-order valence-corrected chi connectivity index (χ1v) is 6.72. The zero-order valence-electron chi connectivity index (χ0n) is 11.8. The average molecular weight is 288 g/mol. The van der Waals surface area contributed by atoms with Crippen LogP contribution in [-0.2, 0) is 13.2 Å². The zero-order chi connectivity index (χ0) is 15.1. The smallest absolute Gasteiger partial charge is 0.164 e. The van der Waals surface area contributed by atoms with Crippen molar-refractivity contribution in [3.8, 4) is 17.6 Å². The molecule has 0 bridgehead atoms. The Bertz CT molecular complexity index is 657. The minimum atomic E-state index is -0.427. The fourth-order valence-electron chi connectivity index (χ4n) is 1.78. The maximum absolute atomic E-state index is 13.8. The monoisotopic (exact) mass is 288 g/mol. The summed E-state index contributed by atoms with van der Waals surface area (Å²) in [6.07, 6.45) is 2.44. The van der Waals surface area contributed by atoms with Gasteiger partial charge in [-0.15, -0.1) is 0 Å². The summed E-state index contributed by atoms with van der Waals surface area (Å²) >= 11 is 0. The summed E-state index contributed by atoms with van der Waals surface area (Å²) in [6.45, 7) is 3.28. The van der Waals surface area contributed by atoms with Gasteiger partial charge in [0, 0.05) is 12.6 Å². The van der Waals surface area contributed by atoms with Crippen molar-refractivity contribution >= 4 is 0 Å². The lowest BCUT2D eigenvalue weighted by Crippen LogP contribution is -2.08. The van der Waals surface area contributed by atoms with Crippen molar-refractivity contribution in [2.24, 2.45) is 5.73 Å². The minimum absolute atomic E-state index is 0.199. The summed E-state index contributed by atoms with van der Waals surface area (Å²) in [5.41, 5.74) is 5.57. The summed E-state index contributed by atoms with van der Waals surface area (Å²) in [7, 11) is 0. The van der Waals surface area contributed by atoms with Gasteiger partial charge in [0.15, 0.2) is 5.82 Å². The second-order valence-corrected chi connectivity index (χ2v) is 4.34. The molecule has 21 heavy (non-hydrogen) atoms. The van der Waals surface area contributed by atoms with Crippen molar-refractivity contribution in [3.63, 3.8) is 0 Å². The van der Waals surface area contributed by atoms with Gasteiger partial charge >= 0.3 is 0 Å². The molecule has 0 aliphatic heterocycles. The van der Waals surface area contributed by atoms with Crippen LogP contribution in [0.4, 0.5) is 4.39 Å². The predicted molar refractivity (Wildman–Crippen MR) is 77.0 cm³/mol. The van der Waals surface area contributed by atoms with E-state index in [2.05, 4.69) is 28.8 Å². The summed E-state index contributed by atoms with van der Waals surface area (Å²) in [5, 5.41) is 4.10. The number of hydrogen-bond donors (Lipinski definition) is 1. The molecular formula is C15H17FN4O. The topological polar surface area (TPSA) is 66.0 Å². The van der Waals surface area contributed by atoms with Crippen LogP contribution in [-0.4, -0.2) is 21.3 Å². The highest BCUT2D eigenvalue weighted by molar-refractivity contribution is 5.39. The van der Waals surface area contributed by atoms with E-state index in [1.165, 1.54) is 12.4 Å². The van der Waals surface area contributed by atoms with E-state index in [4.69, 9.17) is 10.5 Å². The number of benzene rings is 1. The molecule has 5 nitrogen and oxygen atoms in total. The first-order valence-electron chi connectivity index (χ1n) is 6.72. The fraction of sp³-hybridized carbons (Fsp3) is 0.333. The summed E-state index contributed by atoms with van der Waals surface area (Å²) in [4.78, 5) is 4.13. The number of halogens is 1. The van der Waals surface area contributed by atoms with Gasteiger partial charge in [0.1, 0.15) is 24.5 Å². The van der Waals surface area contributed by atoms with Crippen molar-refractivity contribution in [2.45, 2.75) is 26.5 Å². The first-order chi connectivity index (χ1) is 10.2. The van der Waals surface area contributed by atoms with E-state index in [0.717, 1.165) is 13.0 Å². The fourth-order valence-corrected chi connectivity index (χ4v) is 1.78. The summed E-state index contributed by atoms with van der Waals surface area (Å²) in [6, 6.07) is 4.55. The highest BCUT2D eigenvalue weighted by Gasteiger charge is 2.06. The van der Waals surface area contributed by atoms with Crippen LogP contribution in [0.1, 0.15) is 24.7 Å². The molecule has 0 aliphatic rings. The van der Waals surface area contributed by atoms with E-state index in [9.17, 15) is 4.39 Å². The van der Waals surface area contributed by atoms with Crippen LogP contribution >= 0.6 is 0 Å². The van der Waals surface area contributed by atoms with Crippen molar-refractivity contribution in [1.82, 2.24) is 14.8 Å². The standard InChI is InChI=1S/C15H17FN4O/c1-2-8-20-15(18-11-19-20)10-21-13-6-5-12(4-3-7-17)14(16)9-13/h5-6,9,11H,2,7-8,10,17H2,1H3. The van der Waals surface area contributed by atoms with Crippen LogP contribution in [0, 0.1) is 17.7 Å².